The van der Waals surface area contributed by atoms with E-state index in [1.54, 1.807) is 0 Å². The van der Waals surface area contributed by atoms with E-state index in [0.717, 1.165) is 69.6 Å². The first-order valence-electron chi connectivity index (χ1n) is 9.22. The summed E-state index contributed by atoms with van der Waals surface area (Å²) in [5, 5.41) is 11.8. The molecule has 3 fully saturated rings. The molecule has 0 aliphatic carbocycles. The van der Waals surface area contributed by atoms with Crippen molar-refractivity contribution in [1.82, 2.24) is 15.1 Å². The van der Waals surface area contributed by atoms with Crippen LogP contribution in [0.4, 0.5) is 5.82 Å². The first-order chi connectivity index (χ1) is 11.7. The molecule has 4 heterocycles. The van der Waals surface area contributed by atoms with Gasteiger partial charge in [0.15, 0.2) is 0 Å². The van der Waals surface area contributed by atoms with E-state index in [-0.39, 0.29) is 5.60 Å². The Bertz CT molecular complexity index is 536. The Morgan fingerprint density at radius 3 is 2.83 bits per heavy atom. The normalized spacial score (nSPS) is 30.0. The number of likely N-dealkylation sites (tertiary alicyclic amines) is 1. The fourth-order valence-electron chi connectivity index (χ4n) is 4.21. The van der Waals surface area contributed by atoms with Gasteiger partial charge < -0.3 is 19.7 Å². The fraction of sp³-hybridized carbons (Fsp3) is 0.778. The lowest BCUT2D eigenvalue weighted by atomic mass is 9.87. The predicted molar refractivity (Wildman–Crippen MR) is 92.1 cm³/mol. The third-order valence-electron chi connectivity index (χ3n) is 5.67. The van der Waals surface area contributed by atoms with Gasteiger partial charge in [-0.15, -0.1) is 5.10 Å². The van der Waals surface area contributed by atoms with Gasteiger partial charge in [-0.2, -0.15) is 5.10 Å². The van der Waals surface area contributed by atoms with Crippen molar-refractivity contribution in [1.29, 1.82) is 0 Å². The van der Waals surface area contributed by atoms with E-state index < -0.39 is 0 Å². The van der Waals surface area contributed by atoms with Crippen molar-refractivity contribution in [3.8, 4) is 0 Å². The zero-order valence-corrected chi connectivity index (χ0v) is 14.5. The second kappa shape index (κ2) is 6.94. The van der Waals surface area contributed by atoms with Crippen LogP contribution < -0.4 is 5.32 Å². The van der Waals surface area contributed by atoms with Crippen molar-refractivity contribution in [2.75, 3.05) is 44.8 Å². The molecule has 6 heteroatoms. The van der Waals surface area contributed by atoms with Gasteiger partial charge in [-0.05, 0) is 50.7 Å². The molecule has 3 saturated heterocycles. The summed E-state index contributed by atoms with van der Waals surface area (Å²) in [7, 11) is 0. The second-order valence-corrected chi connectivity index (χ2v) is 7.63. The molecule has 0 saturated carbocycles. The molecule has 1 aromatic rings. The van der Waals surface area contributed by atoms with Crippen molar-refractivity contribution in [3.05, 3.63) is 17.8 Å². The monoisotopic (exact) mass is 332 g/mol. The number of anilines is 1. The fourth-order valence-corrected chi connectivity index (χ4v) is 4.21. The molecule has 0 amide bonds. The Hall–Kier alpha value is -1.24. The largest absolute Gasteiger partial charge is 0.381 e. The zero-order valence-electron chi connectivity index (χ0n) is 14.5. The summed E-state index contributed by atoms with van der Waals surface area (Å²) in [6, 6.07) is 4.34. The first kappa shape index (κ1) is 16.2. The molecule has 2 unspecified atom stereocenters. The molecule has 4 rings (SSSR count). The molecule has 1 spiro atoms. The Morgan fingerprint density at radius 1 is 1.25 bits per heavy atom. The highest BCUT2D eigenvalue weighted by atomic mass is 16.5. The van der Waals surface area contributed by atoms with Crippen LogP contribution in [-0.4, -0.2) is 66.2 Å². The number of hydrogen-bond acceptors (Lipinski definition) is 6. The minimum atomic E-state index is 0.0679. The maximum Gasteiger partial charge on any atom is 0.148 e. The average molecular weight is 332 g/mol. The number of ether oxygens (including phenoxy) is 2. The van der Waals surface area contributed by atoms with Gasteiger partial charge in [-0.3, -0.25) is 0 Å². The number of aryl methyl sites for hydroxylation is 1. The standard InChI is InChI=1S/C18H28N4O2/c1-14-2-3-17(21-20-14)19-16-10-18(24-13-16)5-7-22(8-6-18)11-15-4-9-23-12-15/h2-3,15-16H,4-13H2,1H3,(H,19,21). The Balaban J connectivity index is 1.26. The molecular formula is C18H28N4O2. The molecule has 3 aliphatic rings. The van der Waals surface area contributed by atoms with Gasteiger partial charge in [0.25, 0.3) is 0 Å². The van der Waals surface area contributed by atoms with E-state index >= 15 is 0 Å². The van der Waals surface area contributed by atoms with Crippen LogP contribution in [0.1, 0.15) is 31.4 Å². The van der Waals surface area contributed by atoms with Crippen LogP contribution in [0, 0.1) is 12.8 Å². The van der Waals surface area contributed by atoms with Crippen LogP contribution in [0.2, 0.25) is 0 Å². The maximum absolute atomic E-state index is 6.25. The third kappa shape index (κ3) is 3.71. The third-order valence-corrected chi connectivity index (χ3v) is 5.67. The Labute approximate surface area is 143 Å². The molecular weight excluding hydrogens is 304 g/mol. The molecule has 24 heavy (non-hydrogen) atoms. The van der Waals surface area contributed by atoms with Gasteiger partial charge in [0.2, 0.25) is 0 Å². The van der Waals surface area contributed by atoms with E-state index in [4.69, 9.17) is 9.47 Å². The first-order valence-corrected chi connectivity index (χ1v) is 9.22. The molecule has 1 N–H and O–H groups in total. The van der Waals surface area contributed by atoms with E-state index in [1.165, 1.54) is 13.0 Å². The van der Waals surface area contributed by atoms with E-state index in [0.29, 0.717) is 6.04 Å². The van der Waals surface area contributed by atoms with E-state index in [2.05, 4.69) is 20.4 Å². The lowest BCUT2D eigenvalue weighted by Crippen LogP contribution is -2.45. The van der Waals surface area contributed by atoms with E-state index in [9.17, 15) is 0 Å². The molecule has 1 aromatic heterocycles. The van der Waals surface area contributed by atoms with Crippen LogP contribution in [0.3, 0.4) is 0 Å². The summed E-state index contributed by atoms with van der Waals surface area (Å²) < 4.78 is 11.7. The SMILES string of the molecule is Cc1ccc(NC2COC3(CCN(CC4CCOC4)CC3)C2)nn1. The molecule has 2 atom stereocenters. The summed E-state index contributed by atoms with van der Waals surface area (Å²) in [5.41, 5.74) is 1.01. The average Bonchev–Trinajstić information content (AvgIpc) is 3.23. The lowest BCUT2D eigenvalue weighted by Gasteiger charge is -2.39. The van der Waals surface area contributed by atoms with E-state index in [1.807, 2.05) is 19.1 Å². The van der Waals surface area contributed by atoms with Crippen molar-refractivity contribution in [3.63, 3.8) is 0 Å². The zero-order chi connectivity index (χ0) is 16.4. The van der Waals surface area contributed by atoms with Crippen LogP contribution in [-0.2, 0) is 9.47 Å². The second-order valence-electron chi connectivity index (χ2n) is 7.63. The Morgan fingerprint density at radius 2 is 2.12 bits per heavy atom. The van der Waals surface area contributed by atoms with Crippen molar-refractivity contribution >= 4 is 5.82 Å². The van der Waals surface area contributed by atoms with Crippen LogP contribution >= 0.6 is 0 Å². The van der Waals surface area contributed by atoms with Crippen molar-refractivity contribution in [2.24, 2.45) is 5.92 Å². The van der Waals surface area contributed by atoms with Gasteiger partial charge in [0.1, 0.15) is 5.82 Å². The van der Waals surface area contributed by atoms with Crippen molar-refractivity contribution in [2.45, 2.75) is 44.2 Å². The number of nitrogens with one attached hydrogen (secondary N) is 1. The summed E-state index contributed by atoms with van der Waals surface area (Å²) in [6.45, 7) is 8.10. The molecule has 132 valence electrons. The minimum absolute atomic E-state index is 0.0679. The molecule has 0 aromatic carbocycles. The molecule has 3 aliphatic heterocycles. The van der Waals surface area contributed by atoms with Crippen molar-refractivity contribution < 1.29 is 9.47 Å². The summed E-state index contributed by atoms with van der Waals surface area (Å²) in [6.07, 6.45) is 4.57. The highest BCUT2D eigenvalue weighted by Gasteiger charge is 2.43. The van der Waals surface area contributed by atoms with Crippen LogP contribution in [0.15, 0.2) is 12.1 Å². The smallest absolute Gasteiger partial charge is 0.148 e. The number of aromatic nitrogens is 2. The molecule has 6 nitrogen and oxygen atoms in total. The maximum atomic E-state index is 6.25. The van der Waals surface area contributed by atoms with Crippen LogP contribution in [0.25, 0.3) is 0 Å². The predicted octanol–water partition coefficient (Wildman–Crippen LogP) is 1.86. The summed E-state index contributed by atoms with van der Waals surface area (Å²) in [4.78, 5) is 2.60. The lowest BCUT2D eigenvalue weighted by molar-refractivity contribution is -0.0456. The molecule has 0 bridgehead atoms. The number of piperidine rings is 1. The minimum Gasteiger partial charge on any atom is -0.381 e. The number of nitrogens with zero attached hydrogens (tertiary/aromatic N) is 3. The number of rotatable bonds is 4. The van der Waals surface area contributed by atoms with Gasteiger partial charge in [0.05, 0.1) is 30.6 Å². The van der Waals surface area contributed by atoms with Gasteiger partial charge in [0, 0.05) is 26.2 Å². The summed E-state index contributed by atoms with van der Waals surface area (Å²) in [5.74, 6) is 1.59. The van der Waals surface area contributed by atoms with Gasteiger partial charge in [-0.25, -0.2) is 0 Å². The van der Waals surface area contributed by atoms with Gasteiger partial charge in [-0.1, -0.05) is 0 Å². The van der Waals surface area contributed by atoms with Gasteiger partial charge >= 0.3 is 0 Å². The molecule has 0 radical (unpaired) electrons. The summed E-state index contributed by atoms with van der Waals surface area (Å²) >= 11 is 0. The highest BCUT2D eigenvalue weighted by Crippen LogP contribution is 2.37. The topological polar surface area (TPSA) is 59.5 Å². The van der Waals surface area contributed by atoms with Crippen LogP contribution in [0.5, 0.6) is 0 Å². The quantitative estimate of drug-likeness (QED) is 0.908. The Kier molecular flexibility index (Phi) is 4.70. The number of hydrogen-bond donors (Lipinski definition) is 1. The highest BCUT2D eigenvalue weighted by molar-refractivity contribution is 5.34.